The Balaban J connectivity index is 1.94. The van der Waals surface area contributed by atoms with Crippen molar-refractivity contribution in [3.63, 3.8) is 0 Å². The molecule has 3 unspecified atom stereocenters. The Bertz CT molecular complexity index is 929. The van der Waals surface area contributed by atoms with Crippen LogP contribution in [0.25, 0.3) is 0 Å². The van der Waals surface area contributed by atoms with E-state index in [0.717, 1.165) is 63.2 Å². The van der Waals surface area contributed by atoms with E-state index in [1.807, 2.05) is 19.9 Å². The molecular formula is C29H42FNO2S. The van der Waals surface area contributed by atoms with Gasteiger partial charge in [-0.05, 0) is 80.1 Å². The first-order chi connectivity index (χ1) is 15.7. The molecule has 0 heterocycles. The van der Waals surface area contributed by atoms with Gasteiger partial charge in [0.05, 0.1) is 17.7 Å². The lowest BCUT2D eigenvalue weighted by atomic mass is 9.44. The molecule has 34 heavy (non-hydrogen) atoms. The Kier molecular flexibility index (Phi) is 7.38. The number of nitriles is 1. The number of Topliss-reactive ketones (excluding diaryl/α,β-unsaturated/α-hetero) is 1. The molecule has 5 heteroatoms. The predicted molar refractivity (Wildman–Crippen MR) is 138 cm³/mol. The Hall–Kier alpha value is -1.41. The van der Waals surface area contributed by atoms with Crippen molar-refractivity contribution < 1.29 is 13.5 Å². The first kappa shape index (κ1) is 27.2. The number of allylic oxidation sites excluding steroid dienone is 4. The van der Waals surface area contributed by atoms with E-state index in [2.05, 4.69) is 40.7 Å². The Morgan fingerprint density at radius 2 is 1.76 bits per heavy atom. The van der Waals surface area contributed by atoms with Gasteiger partial charge in [0, 0.05) is 15.6 Å². The molecule has 0 aromatic carbocycles. The minimum atomic E-state index is -0.655. The van der Waals surface area contributed by atoms with Gasteiger partial charge in [-0.2, -0.15) is 9.15 Å². The maximum atomic E-state index is 14.2. The van der Waals surface area contributed by atoms with Crippen molar-refractivity contribution in [1.29, 1.82) is 5.26 Å². The molecule has 3 atom stereocenters. The van der Waals surface area contributed by atoms with E-state index >= 15 is 0 Å². The van der Waals surface area contributed by atoms with Crippen molar-refractivity contribution in [2.45, 2.75) is 105 Å². The third kappa shape index (κ3) is 4.57. The topological polar surface area (TPSA) is 57.9 Å². The first-order valence-electron chi connectivity index (χ1n) is 12.8. The van der Waals surface area contributed by atoms with E-state index in [1.54, 1.807) is 6.08 Å². The summed E-state index contributed by atoms with van der Waals surface area (Å²) in [7, 11) is 0. The molecule has 0 N–H and O–H groups in total. The molecule has 0 aromatic heterocycles. The summed E-state index contributed by atoms with van der Waals surface area (Å²) < 4.78 is 13.9. The number of aldehydes is 1. The molecule has 0 amide bonds. The fourth-order valence-electron chi connectivity index (χ4n) is 7.54. The summed E-state index contributed by atoms with van der Waals surface area (Å²) in [5.74, 6) is 0.304. The average molecular weight is 488 g/mol. The van der Waals surface area contributed by atoms with Crippen LogP contribution in [0.5, 0.6) is 0 Å². The number of carbonyl (C=O) groups excluding carboxylic acids is 2. The van der Waals surface area contributed by atoms with Gasteiger partial charge in [-0.3, -0.25) is 9.59 Å². The normalized spacial score (nSPS) is 39.2. The number of ketones is 1. The average Bonchev–Trinajstić information content (AvgIpc) is 2.77. The first-order valence-corrected chi connectivity index (χ1v) is 13.5. The molecule has 3 aliphatic carbocycles. The number of hydrogen-bond acceptors (Lipinski definition) is 4. The van der Waals surface area contributed by atoms with Gasteiger partial charge in [-0.25, -0.2) is 0 Å². The standard InChI is InChI=1S/C29H42FNO2S/c1-25(2,3)15-16-29(34-30)13-8-21(9-14-29)27(6)12-10-22-26(4,5)24(33)20(19-31)18-28(22,7)23(27)11-17-32/h11,17-18,21-22H,8-10,12-16H2,1-7H3/b23-11+. The smallest absolute Gasteiger partial charge is 0.178 e. The highest BCUT2D eigenvalue weighted by atomic mass is 32.2. The van der Waals surface area contributed by atoms with Crippen LogP contribution in [0.15, 0.2) is 23.3 Å². The zero-order chi connectivity index (χ0) is 25.6. The van der Waals surface area contributed by atoms with Crippen LogP contribution < -0.4 is 0 Å². The van der Waals surface area contributed by atoms with E-state index in [-0.39, 0.29) is 32.9 Å². The third-order valence-corrected chi connectivity index (χ3v) is 10.6. The summed E-state index contributed by atoms with van der Waals surface area (Å²) in [5, 5.41) is 9.72. The number of fused-ring (bicyclic) bond motifs is 1. The number of hydrogen-bond donors (Lipinski definition) is 0. The molecule has 0 radical (unpaired) electrons. The number of halogens is 1. The van der Waals surface area contributed by atoms with Gasteiger partial charge >= 0.3 is 0 Å². The highest BCUT2D eigenvalue weighted by molar-refractivity contribution is 7.95. The molecule has 2 fully saturated rings. The largest absolute Gasteiger partial charge is 0.299 e. The SMILES string of the molecule is CC(C)(C)CCC1(SF)CCC(C2(C)CCC3C(C)(C)C(=O)C(C#N)=CC3(C)/C2=C/C=O)CC1. The summed E-state index contributed by atoms with van der Waals surface area (Å²) >= 11 is 0.559. The minimum absolute atomic E-state index is 0.0414. The highest BCUT2D eigenvalue weighted by Gasteiger charge is 2.60. The lowest BCUT2D eigenvalue weighted by molar-refractivity contribution is -0.131. The lowest BCUT2D eigenvalue weighted by Crippen LogP contribution is -2.54. The molecule has 0 spiro atoms. The highest BCUT2D eigenvalue weighted by Crippen LogP contribution is 2.65. The van der Waals surface area contributed by atoms with Crippen molar-refractivity contribution in [3.05, 3.63) is 23.3 Å². The molecule has 3 nitrogen and oxygen atoms in total. The van der Waals surface area contributed by atoms with Crippen LogP contribution in [0.4, 0.5) is 3.89 Å². The van der Waals surface area contributed by atoms with Crippen LogP contribution in [0.2, 0.25) is 0 Å². The van der Waals surface area contributed by atoms with Crippen molar-refractivity contribution in [2.75, 3.05) is 0 Å². The van der Waals surface area contributed by atoms with Gasteiger partial charge in [0.25, 0.3) is 0 Å². The minimum Gasteiger partial charge on any atom is -0.299 e. The molecule has 3 rings (SSSR count). The fourth-order valence-corrected chi connectivity index (χ4v) is 8.11. The molecule has 188 valence electrons. The van der Waals surface area contributed by atoms with Crippen LogP contribution in [0, 0.1) is 44.8 Å². The molecular weight excluding hydrogens is 445 g/mol. The Morgan fingerprint density at radius 3 is 2.26 bits per heavy atom. The van der Waals surface area contributed by atoms with Gasteiger partial charge in [0.1, 0.15) is 12.4 Å². The maximum absolute atomic E-state index is 14.2. The summed E-state index contributed by atoms with van der Waals surface area (Å²) in [5.41, 5.74) is 0.0671. The van der Waals surface area contributed by atoms with Gasteiger partial charge in [0.2, 0.25) is 0 Å². The van der Waals surface area contributed by atoms with Crippen LogP contribution in [-0.2, 0) is 9.59 Å². The zero-order valence-corrected chi connectivity index (χ0v) is 22.9. The zero-order valence-electron chi connectivity index (χ0n) is 22.1. The Labute approximate surface area is 210 Å². The van der Waals surface area contributed by atoms with Crippen LogP contribution >= 0.6 is 12.1 Å². The molecule has 0 aliphatic heterocycles. The summed E-state index contributed by atoms with van der Waals surface area (Å²) in [4.78, 5) is 24.9. The van der Waals surface area contributed by atoms with Crippen molar-refractivity contribution >= 4 is 24.2 Å². The third-order valence-electron chi connectivity index (χ3n) is 9.66. The van der Waals surface area contributed by atoms with Gasteiger partial charge in [-0.15, -0.1) is 0 Å². The van der Waals surface area contributed by atoms with E-state index < -0.39 is 10.8 Å². The van der Waals surface area contributed by atoms with Crippen LogP contribution in [0.3, 0.4) is 0 Å². The fraction of sp³-hybridized carbons (Fsp3) is 0.759. The molecule has 0 aromatic rings. The van der Waals surface area contributed by atoms with Gasteiger partial charge < -0.3 is 0 Å². The summed E-state index contributed by atoms with van der Waals surface area (Å²) in [6.07, 6.45) is 11.7. The van der Waals surface area contributed by atoms with E-state index in [4.69, 9.17) is 0 Å². The summed E-state index contributed by atoms with van der Waals surface area (Å²) in [6, 6.07) is 2.13. The molecule has 2 saturated carbocycles. The van der Waals surface area contributed by atoms with Crippen molar-refractivity contribution in [2.24, 2.45) is 33.5 Å². The van der Waals surface area contributed by atoms with Gasteiger partial charge in [0.15, 0.2) is 5.78 Å². The van der Waals surface area contributed by atoms with Crippen molar-refractivity contribution in [3.8, 4) is 6.07 Å². The van der Waals surface area contributed by atoms with E-state index in [9.17, 15) is 18.7 Å². The molecule has 3 aliphatic rings. The van der Waals surface area contributed by atoms with Crippen LogP contribution in [-0.4, -0.2) is 16.8 Å². The Morgan fingerprint density at radius 1 is 1.15 bits per heavy atom. The van der Waals surface area contributed by atoms with Gasteiger partial charge in [-0.1, -0.05) is 60.1 Å². The van der Waals surface area contributed by atoms with Crippen LogP contribution in [0.1, 0.15) is 99.8 Å². The number of nitrogens with zero attached hydrogens (tertiary/aromatic N) is 1. The van der Waals surface area contributed by atoms with Crippen molar-refractivity contribution in [1.82, 2.24) is 0 Å². The maximum Gasteiger partial charge on any atom is 0.178 e. The second kappa shape index (κ2) is 9.23. The van der Waals surface area contributed by atoms with E-state index in [1.165, 1.54) is 0 Å². The number of rotatable bonds is 5. The predicted octanol–water partition coefficient (Wildman–Crippen LogP) is 7.97. The number of carbonyl (C=O) groups is 2. The van der Waals surface area contributed by atoms with E-state index in [0.29, 0.717) is 18.1 Å². The second-order valence-corrected chi connectivity index (χ2v) is 14.3. The summed E-state index contributed by atoms with van der Waals surface area (Å²) in [6.45, 7) is 14.9. The lowest BCUT2D eigenvalue weighted by Gasteiger charge is -2.59. The molecule has 0 bridgehead atoms. The quantitative estimate of drug-likeness (QED) is 0.291. The molecule has 0 saturated heterocycles. The monoisotopic (exact) mass is 487 g/mol. The second-order valence-electron chi connectivity index (χ2n) is 13.3.